The topological polar surface area (TPSA) is 37.3 Å². The summed E-state index contributed by atoms with van der Waals surface area (Å²) in [6, 6.07) is 24.2. The molecule has 0 spiro atoms. The normalized spacial score (nSPS) is 16.2. The maximum atomic E-state index is 12.2. The van der Waals surface area contributed by atoms with Gasteiger partial charge in [0.25, 0.3) is 0 Å². The molecule has 3 aliphatic rings. The predicted molar refractivity (Wildman–Crippen MR) is 188 cm³/mol. The Bertz CT molecular complexity index is 1510. The molecule has 0 bridgehead atoms. The summed E-state index contributed by atoms with van der Waals surface area (Å²) in [4.78, 5) is 12.2. The van der Waals surface area contributed by atoms with E-state index in [0.717, 1.165) is 57.7 Å². The van der Waals surface area contributed by atoms with Crippen molar-refractivity contribution < 1.29 is 9.90 Å². The Balaban J connectivity index is 0.000000167. The van der Waals surface area contributed by atoms with Crippen molar-refractivity contribution >= 4 is 93.5 Å². The lowest BCUT2D eigenvalue weighted by Crippen LogP contribution is -2.29. The van der Waals surface area contributed by atoms with Gasteiger partial charge in [0, 0.05) is 29.0 Å². The fourth-order valence-electron chi connectivity index (χ4n) is 6.38. The fraction of sp³-hybridized carbons (Fsp3) is 0.242. The number of carbonyl (C=O) groups excluding carboxylic acids is 1. The molecule has 4 aromatic rings. The highest BCUT2D eigenvalue weighted by Gasteiger charge is 2.43. The third kappa shape index (κ3) is 5.72. The van der Waals surface area contributed by atoms with Crippen molar-refractivity contribution in [2.75, 3.05) is 0 Å². The van der Waals surface area contributed by atoms with Crippen LogP contribution in [0, 0.1) is 5.92 Å². The highest BCUT2D eigenvalue weighted by Crippen LogP contribution is 2.52. The van der Waals surface area contributed by atoms with E-state index in [4.69, 9.17) is 0 Å². The number of ketones is 1. The summed E-state index contributed by atoms with van der Waals surface area (Å²) in [6.07, 6.45) is 7.28. The van der Waals surface area contributed by atoms with Crippen LogP contribution in [-0.4, -0.2) is 10.9 Å². The Morgan fingerprint density at radius 1 is 0.600 bits per heavy atom. The summed E-state index contributed by atoms with van der Waals surface area (Å²) in [6.45, 7) is 0. The molecule has 4 aromatic carbocycles. The first kappa shape index (κ1) is 30.6. The minimum absolute atomic E-state index is 0. The molecule has 1 N–H and O–H groups in total. The highest BCUT2D eigenvalue weighted by atomic mass is 127. The second-order valence-corrected chi connectivity index (χ2v) is 14.3. The lowest BCUT2D eigenvalue weighted by atomic mass is 9.77. The molecule has 2 nitrogen and oxygen atoms in total. The van der Waals surface area contributed by atoms with E-state index in [1.54, 1.807) is 0 Å². The van der Waals surface area contributed by atoms with Crippen LogP contribution in [0.4, 0.5) is 0 Å². The molecular weight excluding hydrogens is 875 g/mol. The zero-order chi connectivity index (χ0) is 27.3. The molecule has 3 aliphatic carbocycles. The van der Waals surface area contributed by atoms with Gasteiger partial charge >= 0.3 is 0 Å². The van der Waals surface area contributed by atoms with Gasteiger partial charge in [-0.25, -0.2) is 0 Å². The van der Waals surface area contributed by atoms with Gasteiger partial charge in [0.15, 0.2) is 5.78 Å². The van der Waals surface area contributed by atoms with E-state index < -0.39 is 5.60 Å². The number of halogens is 5. The molecular formula is C33H27Br4IO2. The van der Waals surface area contributed by atoms with Crippen molar-refractivity contribution in [1.82, 2.24) is 0 Å². The molecule has 0 radical (unpaired) electrons. The first-order valence-corrected chi connectivity index (χ1v) is 16.4. The second kappa shape index (κ2) is 12.4. The maximum Gasteiger partial charge on any atom is 0.194 e. The lowest BCUT2D eigenvalue weighted by molar-refractivity contribution is 0.0493. The van der Waals surface area contributed by atoms with Crippen LogP contribution < -0.4 is 0 Å². The molecule has 0 atom stereocenters. The maximum absolute atomic E-state index is 12.2. The Hall–Kier alpha value is -0.840. The van der Waals surface area contributed by atoms with Gasteiger partial charge in [0.1, 0.15) is 5.60 Å². The van der Waals surface area contributed by atoms with Crippen molar-refractivity contribution in [3.63, 3.8) is 0 Å². The second-order valence-electron chi connectivity index (χ2n) is 10.7. The fourth-order valence-corrected chi connectivity index (χ4v) is 7.83. The number of hydrogen-bond donors (Lipinski definition) is 1. The number of rotatable bonds is 2. The number of fused-ring (bicyclic) bond motifs is 6. The van der Waals surface area contributed by atoms with E-state index in [0.29, 0.717) is 5.92 Å². The van der Waals surface area contributed by atoms with Crippen molar-refractivity contribution in [3.05, 3.63) is 113 Å². The summed E-state index contributed by atoms with van der Waals surface area (Å²) < 4.78 is 3.94. The first-order valence-electron chi connectivity index (χ1n) is 13.2. The van der Waals surface area contributed by atoms with E-state index in [9.17, 15) is 9.90 Å². The summed E-state index contributed by atoms with van der Waals surface area (Å²) in [5.74, 6) is 0.720. The van der Waals surface area contributed by atoms with Gasteiger partial charge in [-0.1, -0.05) is 120 Å². The molecule has 40 heavy (non-hydrogen) atoms. The highest BCUT2D eigenvalue weighted by molar-refractivity contribution is 14.0. The predicted octanol–water partition coefficient (Wildman–Crippen LogP) is 11.4. The van der Waals surface area contributed by atoms with Gasteiger partial charge in [-0.05, 0) is 94.3 Å². The molecule has 0 saturated heterocycles. The van der Waals surface area contributed by atoms with E-state index in [1.807, 2.05) is 36.4 Å². The smallest absolute Gasteiger partial charge is 0.194 e. The third-order valence-electron chi connectivity index (χ3n) is 8.20. The van der Waals surface area contributed by atoms with Crippen LogP contribution in [-0.2, 0) is 5.60 Å². The van der Waals surface area contributed by atoms with Gasteiger partial charge in [-0.15, -0.1) is 24.0 Å². The molecule has 0 amide bonds. The van der Waals surface area contributed by atoms with Crippen LogP contribution in [0.1, 0.15) is 65.6 Å². The molecule has 0 heterocycles. The van der Waals surface area contributed by atoms with Crippen molar-refractivity contribution in [2.45, 2.75) is 44.1 Å². The SMILES string of the molecule is I.O=C1c2cc(Br)ccc2-c2ccc(Br)cc21.OC1(CC2CCCCC2)c2cc(Br)ccc2-c2ccc(Br)cc21. The molecule has 1 saturated carbocycles. The average molecular weight is 902 g/mol. The molecule has 206 valence electrons. The van der Waals surface area contributed by atoms with E-state index in [1.165, 1.54) is 43.2 Å². The first-order chi connectivity index (χ1) is 18.7. The van der Waals surface area contributed by atoms with E-state index >= 15 is 0 Å². The zero-order valence-corrected chi connectivity index (χ0v) is 30.2. The minimum atomic E-state index is -0.861. The van der Waals surface area contributed by atoms with Gasteiger partial charge in [-0.2, -0.15) is 0 Å². The summed E-state index contributed by atoms with van der Waals surface area (Å²) in [5, 5.41) is 11.8. The zero-order valence-electron chi connectivity index (χ0n) is 21.5. The van der Waals surface area contributed by atoms with Crippen molar-refractivity contribution in [1.29, 1.82) is 0 Å². The van der Waals surface area contributed by atoms with Crippen LogP contribution in [0.2, 0.25) is 0 Å². The van der Waals surface area contributed by atoms with Crippen LogP contribution in [0.15, 0.2) is 90.7 Å². The largest absolute Gasteiger partial charge is 0.380 e. The number of aliphatic hydroxyl groups is 1. The van der Waals surface area contributed by atoms with Crippen LogP contribution in [0.3, 0.4) is 0 Å². The van der Waals surface area contributed by atoms with Crippen LogP contribution in [0.5, 0.6) is 0 Å². The Morgan fingerprint density at radius 3 is 1.45 bits per heavy atom. The van der Waals surface area contributed by atoms with Crippen LogP contribution >= 0.6 is 87.7 Å². The number of carbonyl (C=O) groups is 1. The minimum Gasteiger partial charge on any atom is -0.380 e. The van der Waals surface area contributed by atoms with Gasteiger partial charge in [-0.3, -0.25) is 4.79 Å². The molecule has 0 aromatic heterocycles. The average Bonchev–Trinajstić information content (AvgIpc) is 3.32. The van der Waals surface area contributed by atoms with Crippen molar-refractivity contribution in [2.24, 2.45) is 5.92 Å². The number of hydrogen-bond acceptors (Lipinski definition) is 2. The molecule has 0 aliphatic heterocycles. The third-order valence-corrected chi connectivity index (χ3v) is 10.2. The molecule has 7 heteroatoms. The Kier molecular flexibility index (Phi) is 9.50. The van der Waals surface area contributed by atoms with Crippen molar-refractivity contribution in [3.8, 4) is 22.3 Å². The van der Waals surface area contributed by atoms with E-state index in [-0.39, 0.29) is 29.8 Å². The summed E-state index contributed by atoms with van der Waals surface area (Å²) >= 11 is 13.9. The molecule has 1 fully saturated rings. The quantitative estimate of drug-likeness (QED) is 0.179. The molecule has 7 rings (SSSR count). The number of benzene rings is 4. The van der Waals surface area contributed by atoms with Gasteiger partial charge < -0.3 is 5.11 Å². The van der Waals surface area contributed by atoms with E-state index in [2.05, 4.69) is 100 Å². The summed E-state index contributed by atoms with van der Waals surface area (Å²) in [7, 11) is 0. The standard InChI is InChI=1S/C20H20Br2O.C13H6Br2O.HI/c21-14-6-8-16-17-9-7-15(22)11-19(17)20(23,18(16)10-14)12-13-4-2-1-3-5-13;14-7-1-3-9-10-4-2-8(15)6-12(10)13(16)11(9)5-7;/h6-11,13,23H,1-5,12H2;1-6H;1H. The monoisotopic (exact) mass is 898 g/mol. The molecule has 0 unspecified atom stereocenters. The summed E-state index contributed by atoms with van der Waals surface area (Å²) in [5.41, 5.74) is 7.22. The Morgan fingerprint density at radius 2 is 1.00 bits per heavy atom. The van der Waals surface area contributed by atoms with Crippen LogP contribution in [0.25, 0.3) is 22.3 Å². The Labute approximate surface area is 285 Å². The van der Waals surface area contributed by atoms with Gasteiger partial charge in [0.2, 0.25) is 0 Å². The van der Waals surface area contributed by atoms with Gasteiger partial charge in [0.05, 0.1) is 0 Å². The lowest BCUT2D eigenvalue weighted by Gasteiger charge is -2.32.